The van der Waals surface area contributed by atoms with E-state index in [-0.39, 0.29) is 6.04 Å². The number of alkyl carbamates (subject to hydrolysis) is 1. The lowest BCUT2D eigenvalue weighted by molar-refractivity contribution is -0.134. The monoisotopic (exact) mass is 338 g/mol. The number of carbonyl (C=O) groups is 2. The molecule has 6 nitrogen and oxygen atoms in total. The summed E-state index contributed by atoms with van der Waals surface area (Å²) in [5.74, 6) is -0.413. The molecule has 1 heterocycles. The first kappa shape index (κ1) is 18.9. The number of thiazole rings is 1. The van der Waals surface area contributed by atoms with E-state index >= 15 is 0 Å². The third-order valence-corrected chi connectivity index (χ3v) is 3.50. The zero-order valence-electron chi connectivity index (χ0n) is 14.0. The molecule has 23 heavy (non-hydrogen) atoms. The molecule has 0 saturated carbocycles. The second kappa shape index (κ2) is 8.47. The maximum Gasteiger partial charge on any atom is 0.408 e. The van der Waals surface area contributed by atoms with E-state index in [0.717, 1.165) is 10.7 Å². The number of nitrogens with zero attached hydrogens (tertiary/aromatic N) is 1. The zero-order valence-corrected chi connectivity index (χ0v) is 14.8. The molecule has 1 rings (SSSR count). The fourth-order valence-corrected chi connectivity index (χ4v) is 2.27. The minimum Gasteiger partial charge on any atom is -0.466 e. The molecule has 1 aromatic rings. The van der Waals surface area contributed by atoms with E-state index in [9.17, 15) is 9.59 Å². The first-order valence-electron chi connectivity index (χ1n) is 7.09. The predicted molar refractivity (Wildman–Crippen MR) is 90.1 cm³/mol. The molecule has 0 aliphatic heterocycles. The number of nitrogens with one attached hydrogen (secondary N) is 1. The van der Waals surface area contributed by atoms with Gasteiger partial charge in [0.05, 0.1) is 18.8 Å². The van der Waals surface area contributed by atoms with Gasteiger partial charge in [-0.15, -0.1) is 11.3 Å². The summed E-state index contributed by atoms with van der Waals surface area (Å²) in [6.45, 7) is 7.27. The largest absolute Gasteiger partial charge is 0.466 e. The number of carbonyl (C=O) groups excluding carboxylic acids is 2. The van der Waals surface area contributed by atoms with Gasteiger partial charge in [-0.2, -0.15) is 0 Å². The van der Waals surface area contributed by atoms with Gasteiger partial charge >= 0.3 is 12.1 Å². The highest BCUT2D eigenvalue weighted by Crippen LogP contribution is 2.19. The zero-order chi connectivity index (χ0) is 17.5. The topological polar surface area (TPSA) is 77.5 Å². The predicted octanol–water partition coefficient (Wildman–Crippen LogP) is 3.47. The number of hydrogen-bond acceptors (Lipinski definition) is 6. The molecule has 0 bridgehead atoms. The van der Waals surface area contributed by atoms with Crippen LogP contribution in [0, 0.1) is 0 Å². The number of esters is 1. The smallest absolute Gasteiger partial charge is 0.408 e. The van der Waals surface area contributed by atoms with Crippen LogP contribution in [0.15, 0.2) is 23.6 Å². The summed E-state index contributed by atoms with van der Waals surface area (Å²) in [5.41, 5.74) is 0.212. The second-order valence-corrected chi connectivity index (χ2v) is 6.61. The van der Waals surface area contributed by atoms with Crippen LogP contribution in [0.2, 0.25) is 0 Å². The van der Waals surface area contributed by atoms with E-state index in [2.05, 4.69) is 15.0 Å². The molecule has 0 saturated heterocycles. The lowest BCUT2D eigenvalue weighted by atomic mass is 10.2. The fraction of sp³-hybridized carbons (Fsp3) is 0.438. The molecular formula is C16H22N2O4S. The Morgan fingerprint density at radius 3 is 2.65 bits per heavy atom. The van der Waals surface area contributed by atoms with Crippen LogP contribution in [0.3, 0.4) is 0 Å². The van der Waals surface area contributed by atoms with Crippen LogP contribution in [0.5, 0.6) is 0 Å². The van der Waals surface area contributed by atoms with Gasteiger partial charge in [0.15, 0.2) is 0 Å². The number of allylic oxidation sites excluding steroid dienone is 2. The highest BCUT2D eigenvalue weighted by atomic mass is 32.1. The van der Waals surface area contributed by atoms with Crippen molar-refractivity contribution in [2.45, 2.75) is 39.3 Å². The van der Waals surface area contributed by atoms with Gasteiger partial charge in [0, 0.05) is 11.5 Å². The Labute approximate surface area is 140 Å². The third-order valence-electron chi connectivity index (χ3n) is 2.45. The first-order valence-corrected chi connectivity index (χ1v) is 7.97. The number of aromatic nitrogens is 1. The van der Waals surface area contributed by atoms with Gasteiger partial charge in [0.1, 0.15) is 10.6 Å². The standard InChI is InChI=1S/C16H22N2O4S/c1-11(17-15(20)22-16(2,3)4)14-18-12(10-23-14)8-6-7-9-13(19)21-5/h6-11H,1-5H3,(H,17,20)/b8-6-,9-7+/t11-/m1/s1. The van der Waals surface area contributed by atoms with Crippen molar-refractivity contribution in [3.05, 3.63) is 34.3 Å². The van der Waals surface area contributed by atoms with Gasteiger partial charge in [0.25, 0.3) is 0 Å². The highest BCUT2D eigenvalue weighted by Gasteiger charge is 2.19. The minimum absolute atomic E-state index is 0.248. The normalized spacial score (nSPS) is 13.3. The van der Waals surface area contributed by atoms with Crippen LogP contribution in [-0.2, 0) is 14.3 Å². The van der Waals surface area contributed by atoms with E-state index in [0.29, 0.717) is 0 Å². The summed E-state index contributed by atoms with van der Waals surface area (Å²) in [5, 5.41) is 5.38. The molecular weight excluding hydrogens is 316 g/mol. The Morgan fingerprint density at radius 2 is 2.04 bits per heavy atom. The Hall–Kier alpha value is -2.15. The number of rotatable bonds is 5. The van der Waals surface area contributed by atoms with Crippen LogP contribution >= 0.6 is 11.3 Å². The number of hydrogen-bond donors (Lipinski definition) is 1. The summed E-state index contributed by atoms with van der Waals surface area (Å²) >= 11 is 1.44. The average Bonchev–Trinajstić information content (AvgIpc) is 2.90. The first-order chi connectivity index (χ1) is 10.7. The van der Waals surface area contributed by atoms with E-state index in [1.807, 2.05) is 33.1 Å². The Bertz CT molecular complexity index is 599. The maximum atomic E-state index is 11.7. The summed E-state index contributed by atoms with van der Waals surface area (Å²) in [6, 6.07) is -0.248. The summed E-state index contributed by atoms with van der Waals surface area (Å²) in [7, 11) is 1.32. The van der Waals surface area contributed by atoms with Gasteiger partial charge in [-0.05, 0) is 33.8 Å². The molecule has 126 valence electrons. The maximum absolute atomic E-state index is 11.7. The molecule has 7 heteroatoms. The number of ether oxygens (including phenoxy) is 2. The van der Waals surface area contributed by atoms with Crippen molar-refractivity contribution in [1.82, 2.24) is 10.3 Å². The van der Waals surface area contributed by atoms with E-state index in [4.69, 9.17) is 4.74 Å². The lowest BCUT2D eigenvalue weighted by Crippen LogP contribution is -2.34. The van der Waals surface area contributed by atoms with Crippen molar-refractivity contribution in [3.63, 3.8) is 0 Å². The molecule has 0 aliphatic rings. The number of methoxy groups -OCH3 is 1. The molecule has 0 unspecified atom stereocenters. The second-order valence-electron chi connectivity index (χ2n) is 5.72. The quantitative estimate of drug-likeness (QED) is 0.505. The van der Waals surface area contributed by atoms with Crippen molar-refractivity contribution in [2.24, 2.45) is 0 Å². The minimum atomic E-state index is -0.535. The highest BCUT2D eigenvalue weighted by molar-refractivity contribution is 7.09. The van der Waals surface area contributed by atoms with Gasteiger partial charge in [-0.25, -0.2) is 14.6 Å². The van der Waals surface area contributed by atoms with E-state index in [1.54, 1.807) is 18.2 Å². The van der Waals surface area contributed by atoms with Gasteiger partial charge < -0.3 is 14.8 Å². The summed E-state index contributed by atoms with van der Waals surface area (Å²) in [6.07, 6.45) is 5.88. The van der Waals surface area contributed by atoms with Crippen molar-refractivity contribution in [1.29, 1.82) is 0 Å². The van der Waals surface area contributed by atoms with Crippen LogP contribution in [0.1, 0.15) is 44.4 Å². The van der Waals surface area contributed by atoms with Crippen molar-refractivity contribution >= 4 is 29.5 Å². The summed E-state index contributed by atoms with van der Waals surface area (Å²) in [4.78, 5) is 27.0. The van der Waals surface area contributed by atoms with E-state index in [1.165, 1.54) is 24.5 Å². The SMILES string of the molecule is COC(=O)/C=C/C=C\c1csc([C@@H](C)NC(=O)OC(C)(C)C)n1. The van der Waals surface area contributed by atoms with Crippen LogP contribution in [0.25, 0.3) is 6.08 Å². The Balaban J connectivity index is 2.58. The Kier molecular flexibility index (Phi) is 6.96. The van der Waals surface area contributed by atoms with Crippen molar-refractivity contribution < 1.29 is 19.1 Å². The van der Waals surface area contributed by atoms with Crippen molar-refractivity contribution in [3.8, 4) is 0 Å². The molecule has 0 aromatic carbocycles. The number of amides is 1. The molecule has 0 spiro atoms. The molecule has 1 atom stereocenters. The van der Waals surface area contributed by atoms with Crippen LogP contribution in [-0.4, -0.2) is 29.8 Å². The molecule has 0 radical (unpaired) electrons. The fourth-order valence-electron chi connectivity index (χ4n) is 1.48. The average molecular weight is 338 g/mol. The third kappa shape index (κ3) is 7.60. The molecule has 1 amide bonds. The van der Waals surface area contributed by atoms with E-state index < -0.39 is 17.7 Å². The van der Waals surface area contributed by atoms with Crippen LogP contribution < -0.4 is 5.32 Å². The molecule has 1 aromatic heterocycles. The molecule has 0 aliphatic carbocycles. The van der Waals surface area contributed by atoms with Gasteiger partial charge in [-0.3, -0.25) is 0 Å². The van der Waals surface area contributed by atoms with Gasteiger partial charge in [0.2, 0.25) is 0 Å². The molecule has 1 N–H and O–H groups in total. The molecule has 0 fully saturated rings. The van der Waals surface area contributed by atoms with Gasteiger partial charge in [-0.1, -0.05) is 12.2 Å². The summed E-state index contributed by atoms with van der Waals surface area (Å²) < 4.78 is 9.69. The van der Waals surface area contributed by atoms with Crippen molar-refractivity contribution in [2.75, 3.05) is 7.11 Å². The Morgan fingerprint density at radius 1 is 1.35 bits per heavy atom. The van der Waals surface area contributed by atoms with Crippen LogP contribution in [0.4, 0.5) is 4.79 Å². The lowest BCUT2D eigenvalue weighted by Gasteiger charge is -2.21.